The molecule has 0 bridgehead atoms. The SMILES string of the molecule is CC.CC.CC.CC.CC.CC.CC.CC.c1ccc2c(c1)Cc1ccccc1-2.c1ccc2ccccc2c1.c1ccccc1.c1ccncc1. The van der Waals surface area contributed by atoms with Gasteiger partial charge in [-0.05, 0) is 51.6 Å². The first kappa shape index (κ1) is 55.9. The number of hydrogen-bond acceptors (Lipinski definition) is 1. The van der Waals surface area contributed by atoms with E-state index in [1.165, 1.54) is 33.0 Å². The molecular weight excluding hydrogens is 615 g/mol. The van der Waals surface area contributed by atoms with Gasteiger partial charge in [0.15, 0.2) is 0 Å². The first-order valence-electron chi connectivity index (χ1n) is 19.9. The van der Waals surface area contributed by atoms with Crippen LogP contribution in [0.3, 0.4) is 0 Å². The first-order chi connectivity index (χ1) is 25.4. The predicted octanol–water partition coefficient (Wildman–Crippen LogP) is 17.1. The van der Waals surface area contributed by atoms with Crippen LogP contribution < -0.4 is 0 Å². The van der Waals surface area contributed by atoms with Crippen LogP contribution in [0.1, 0.15) is 122 Å². The molecule has 0 aliphatic heterocycles. The molecule has 0 atom stereocenters. The van der Waals surface area contributed by atoms with Crippen molar-refractivity contribution in [1.82, 2.24) is 4.98 Å². The summed E-state index contributed by atoms with van der Waals surface area (Å²) in [5.74, 6) is 0. The molecule has 0 fully saturated rings. The second kappa shape index (κ2) is 49.9. The van der Waals surface area contributed by atoms with Crippen molar-refractivity contribution < 1.29 is 0 Å². The zero-order valence-electron chi connectivity index (χ0n) is 35.7. The highest BCUT2D eigenvalue weighted by atomic mass is 14.6. The Morgan fingerprint density at radius 2 is 0.510 bits per heavy atom. The van der Waals surface area contributed by atoms with Gasteiger partial charge in [0.1, 0.15) is 0 Å². The van der Waals surface area contributed by atoms with Crippen molar-refractivity contribution in [2.75, 3.05) is 0 Å². The van der Waals surface area contributed by atoms with E-state index in [0.717, 1.165) is 6.42 Å². The minimum atomic E-state index is 1.10. The molecule has 0 unspecified atom stereocenters. The molecule has 1 aliphatic rings. The molecule has 282 valence electrons. The van der Waals surface area contributed by atoms with E-state index < -0.39 is 0 Å². The molecule has 0 saturated heterocycles. The summed E-state index contributed by atoms with van der Waals surface area (Å²) in [6, 6.07) is 51.7. The number of benzene rings is 5. The molecule has 1 heteroatoms. The van der Waals surface area contributed by atoms with Crippen LogP contribution in [-0.4, -0.2) is 4.98 Å². The molecule has 0 amide bonds. The summed E-state index contributed by atoms with van der Waals surface area (Å²) in [5.41, 5.74) is 5.75. The van der Waals surface area contributed by atoms with Gasteiger partial charge in [0.2, 0.25) is 0 Å². The maximum absolute atomic E-state index is 3.78. The minimum Gasteiger partial charge on any atom is -0.265 e. The zero-order chi connectivity index (χ0) is 40.0. The maximum Gasteiger partial charge on any atom is 0.0267 e. The average Bonchev–Trinajstić information content (AvgIpc) is 3.67. The van der Waals surface area contributed by atoms with E-state index in [1.54, 1.807) is 12.4 Å². The van der Waals surface area contributed by atoms with E-state index >= 15 is 0 Å². The van der Waals surface area contributed by atoms with E-state index in [1.807, 2.05) is 165 Å². The van der Waals surface area contributed by atoms with Gasteiger partial charge in [-0.1, -0.05) is 250 Å². The quantitative estimate of drug-likeness (QED) is 0.154. The lowest BCUT2D eigenvalue weighted by Crippen LogP contribution is -1.77. The van der Waals surface area contributed by atoms with Crippen LogP contribution in [0.5, 0.6) is 0 Å². The van der Waals surface area contributed by atoms with Gasteiger partial charge in [-0.15, -0.1) is 0 Å². The van der Waals surface area contributed by atoms with Gasteiger partial charge in [-0.3, -0.25) is 4.98 Å². The highest BCUT2D eigenvalue weighted by Crippen LogP contribution is 2.35. The van der Waals surface area contributed by atoms with Crippen molar-refractivity contribution >= 4 is 10.8 Å². The average molecular weight is 692 g/mol. The van der Waals surface area contributed by atoms with Crippen LogP contribution in [0.4, 0.5) is 0 Å². The second-order valence-corrected chi connectivity index (χ2v) is 8.02. The van der Waals surface area contributed by atoms with Gasteiger partial charge in [-0.2, -0.15) is 0 Å². The third-order valence-electron chi connectivity index (χ3n) is 5.60. The zero-order valence-corrected chi connectivity index (χ0v) is 35.7. The fraction of sp³-hybridized carbons (Fsp3) is 0.340. The van der Waals surface area contributed by atoms with Crippen molar-refractivity contribution in [1.29, 1.82) is 0 Å². The monoisotopic (exact) mass is 692 g/mol. The summed E-state index contributed by atoms with van der Waals surface area (Å²) in [6.07, 6.45) is 4.60. The number of rotatable bonds is 0. The van der Waals surface area contributed by atoms with Gasteiger partial charge in [-0.25, -0.2) is 0 Å². The molecule has 6 aromatic rings. The summed E-state index contributed by atoms with van der Waals surface area (Å²) in [4.78, 5) is 3.78. The van der Waals surface area contributed by atoms with Gasteiger partial charge in [0, 0.05) is 12.4 Å². The third-order valence-corrected chi connectivity index (χ3v) is 5.60. The predicted molar refractivity (Wildman–Crippen MR) is 240 cm³/mol. The lowest BCUT2D eigenvalue weighted by Gasteiger charge is -1.98. The summed E-state index contributed by atoms with van der Waals surface area (Å²) in [7, 11) is 0. The van der Waals surface area contributed by atoms with E-state index in [-0.39, 0.29) is 0 Å². The van der Waals surface area contributed by atoms with Crippen LogP contribution in [0, 0.1) is 0 Å². The Balaban J connectivity index is -0.000000168. The fourth-order valence-electron chi connectivity index (χ4n) is 3.91. The Morgan fingerprint density at radius 1 is 0.275 bits per heavy atom. The number of hydrogen-bond donors (Lipinski definition) is 0. The topological polar surface area (TPSA) is 12.9 Å². The standard InChI is InChI=1S/C13H10.C10H8.C6H6.C5H5N.8C2H6/c1-3-7-12-10(5-1)9-11-6-2-4-8-13(11)12;1-2-6-10-8-4-3-7-9(10)5-1;2*1-2-4-6-5-3-1;8*1-2/h1-8H,9H2;1-8H;1-6H;1-5H;8*1-2H3. The molecule has 0 spiro atoms. The summed E-state index contributed by atoms with van der Waals surface area (Å²) < 4.78 is 0. The third kappa shape index (κ3) is 28.0. The maximum atomic E-state index is 3.78. The minimum absolute atomic E-state index is 1.10. The molecule has 1 heterocycles. The molecular formula is C50H77N. The number of nitrogens with zero attached hydrogens (tertiary/aromatic N) is 1. The van der Waals surface area contributed by atoms with Gasteiger partial charge in [0.05, 0.1) is 0 Å². The van der Waals surface area contributed by atoms with Crippen LogP contribution >= 0.6 is 0 Å². The van der Waals surface area contributed by atoms with Crippen LogP contribution in [0.15, 0.2) is 164 Å². The highest BCUT2D eigenvalue weighted by molar-refractivity contribution is 5.82. The van der Waals surface area contributed by atoms with E-state index in [2.05, 4.69) is 102 Å². The fourth-order valence-corrected chi connectivity index (χ4v) is 3.91. The Morgan fingerprint density at radius 3 is 0.745 bits per heavy atom. The number of pyridine rings is 1. The van der Waals surface area contributed by atoms with Crippen molar-refractivity contribution in [3.63, 3.8) is 0 Å². The normalized spacial score (nSPS) is 7.92. The molecule has 0 radical (unpaired) electrons. The smallest absolute Gasteiger partial charge is 0.0267 e. The summed E-state index contributed by atoms with van der Waals surface area (Å²) >= 11 is 0. The van der Waals surface area contributed by atoms with Gasteiger partial charge >= 0.3 is 0 Å². The van der Waals surface area contributed by atoms with Crippen molar-refractivity contribution in [2.45, 2.75) is 117 Å². The number of fused-ring (bicyclic) bond motifs is 4. The molecule has 1 aliphatic carbocycles. The molecule has 5 aromatic carbocycles. The Labute approximate surface area is 318 Å². The van der Waals surface area contributed by atoms with Crippen LogP contribution in [0.2, 0.25) is 0 Å². The summed E-state index contributed by atoms with van der Waals surface area (Å²) in [6.45, 7) is 32.0. The first-order valence-corrected chi connectivity index (χ1v) is 19.9. The van der Waals surface area contributed by atoms with E-state index in [4.69, 9.17) is 0 Å². The Kier molecular flexibility index (Phi) is 54.7. The number of aromatic nitrogens is 1. The van der Waals surface area contributed by atoms with Crippen molar-refractivity contribution in [3.05, 3.63) is 175 Å². The molecule has 51 heavy (non-hydrogen) atoms. The summed E-state index contributed by atoms with van der Waals surface area (Å²) in [5, 5.41) is 2.62. The molecule has 1 aromatic heterocycles. The van der Waals surface area contributed by atoms with Crippen molar-refractivity contribution in [2.24, 2.45) is 0 Å². The van der Waals surface area contributed by atoms with Crippen LogP contribution in [0.25, 0.3) is 21.9 Å². The molecule has 1 nitrogen and oxygen atoms in total. The van der Waals surface area contributed by atoms with Crippen molar-refractivity contribution in [3.8, 4) is 11.1 Å². The Bertz CT molecular complexity index is 1220. The Hall–Kier alpha value is -4.49. The largest absolute Gasteiger partial charge is 0.265 e. The molecule has 0 saturated carbocycles. The lowest BCUT2D eigenvalue weighted by atomic mass is 10.1. The van der Waals surface area contributed by atoms with Gasteiger partial charge < -0.3 is 0 Å². The lowest BCUT2D eigenvalue weighted by molar-refractivity contribution is 1.26. The van der Waals surface area contributed by atoms with E-state index in [0.29, 0.717) is 0 Å². The highest BCUT2D eigenvalue weighted by Gasteiger charge is 2.15. The van der Waals surface area contributed by atoms with Gasteiger partial charge in [0.25, 0.3) is 0 Å². The molecule has 0 N–H and O–H groups in total. The van der Waals surface area contributed by atoms with E-state index in [9.17, 15) is 0 Å². The molecule has 7 rings (SSSR count). The second-order valence-electron chi connectivity index (χ2n) is 8.02. The van der Waals surface area contributed by atoms with Crippen LogP contribution in [-0.2, 0) is 6.42 Å².